The van der Waals surface area contributed by atoms with Crippen LogP contribution < -0.4 is 5.73 Å². The van der Waals surface area contributed by atoms with Gasteiger partial charge < -0.3 is 10.6 Å². The van der Waals surface area contributed by atoms with Crippen molar-refractivity contribution in [3.8, 4) is 0 Å². The van der Waals surface area contributed by atoms with E-state index in [1.54, 1.807) is 0 Å². The van der Waals surface area contributed by atoms with Crippen molar-refractivity contribution in [2.24, 2.45) is 28.9 Å². The van der Waals surface area contributed by atoms with Gasteiger partial charge >= 0.3 is 0 Å². The van der Waals surface area contributed by atoms with Crippen LogP contribution in [0.15, 0.2) is 0 Å². The lowest BCUT2D eigenvalue weighted by atomic mass is 9.70. The Kier molecular flexibility index (Phi) is 4.94. The predicted molar refractivity (Wildman–Crippen MR) is 83.1 cm³/mol. The monoisotopic (exact) mass is 266 g/mol. The van der Waals surface area contributed by atoms with Crippen LogP contribution in [0, 0.1) is 23.2 Å². The Morgan fingerprint density at radius 3 is 2.21 bits per heavy atom. The van der Waals surface area contributed by atoms with E-state index in [2.05, 4.69) is 32.6 Å². The fourth-order valence-electron chi connectivity index (χ4n) is 4.03. The molecule has 2 aliphatic rings. The first-order valence-electron chi connectivity index (χ1n) is 8.34. The molecule has 0 amide bonds. The molecule has 0 aromatic heterocycles. The van der Waals surface area contributed by atoms with E-state index in [1.807, 2.05) is 0 Å². The summed E-state index contributed by atoms with van der Waals surface area (Å²) < 4.78 is 0. The van der Waals surface area contributed by atoms with Gasteiger partial charge in [-0.25, -0.2) is 0 Å². The highest BCUT2D eigenvalue weighted by molar-refractivity contribution is 4.85. The van der Waals surface area contributed by atoms with Crippen LogP contribution in [0.5, 0.6) is 0 Å². The summed E-state index contributed by atoms with van der Waals surface area (Å²) in [5, 5.41) is 0. The number of rotatable bonds is 3. The van der Waals surface area contributed by atoms with Crippen LogP contribution in [0.4, 0.5) is 0 Å². The molecule has 0 aromatic rings. The molecule has 2 rings (SSSR count). The summed E-state index contributed by atoms with van der Waals surface area (Å²) in [6.45, 7) is 13.3. The minimum absolute atomic E-state index is 0.377. The summed E-state index contributed by atoms with van der Waals surface area (Å²) in [7, 11) is 0. The van der Waals surface area contributed by atoms with E-state index >= 15 is 0 Å². The van der Waals surface area contributed by atoms with Gasteiger partial charge in [0, 0.05) is 19.1 Å². The molecule has 0 spiro atoms. The molecule has 0 radical (unpaired) electrons. The van der Waals surface area contributed by atoms with Crippen LogP contribution in [0.25, 0.3) is 0 Å². The van der Waals surface area contributed by atoms with Gasteiger partial charge in [-0.05, 0) is 68.7 Å². The van der Waals surface area contributed by atoms with E-state index < -0.39 is 0 Å². The smallest absolute Gasteiger partial charge is 0.00514 e. The topological polar surface area (TPSA) is 29.3 Å². The van der Waals surface area contributed by atoms with Gasteiger partial charge in [-0.15, -0.1) is 0 Å². The van der Waals surface area contributed by atoms with Crippen molar-refractivity contribution < 1.29 is 0 Å². The van der Waals surface area contributed by atoms with Crippen LogP contribution in [-0.2, 0) is 0 Å². The average Bonchev–Trinajstić information content (AvgIpc) is 2.77. The summed E-state index contributed by atoms with van der Waals surface area (Å²) in [5.74, 6) is 2.63. The highest BCUT2D eigenvalue weighted by Gasteiger charge is 2.32. The lowest BCUT2D eigenvalue weighted by Gasteiger charge is -2.38. The third kappa shape index (κ3) is 4.19. The van der Waals surface area contributed by atoms with E-state index in [0.29, 0.717) is 11.5 Å². The van der Waals surface area contributed by atoms with E-state index in [1.165, 1.54) is 51.7 Å². The number of hydrogen-bond donors (Lipinski definition) is 1. The fraction of sp³-hybridized carbons (Fsp3) is 1.00. The van der Waals surface area contributed by atoms with Gasteiger partial charge in [0.25, 0.3) is 0 Å². The van der Waals surface area contributed by atoms with Gasteiger partial charge in [0.2, 0.25) is 0 Å². The summed E-state index contributed by atoms with van der Waals surface area (Å²) >= 11 is 0. The first kappa shape index (κ1) is 15.3. The third-order valence-corrected chi connectivity index (χ3v) is 5.64. The molecule has 2 N–H and O–H groups in total. The second-order valence-corrected chi connectivity index (χ2v) is 8.25. The van der Waals surface area contributed by atoms with Crippen LogP contribution >= 0.6 is 0 Å². The van der Waals surface area contributed by atoms with Crippen LogP contribution in [0.3, 0.4) is 0 Å². The largest absolute Gasteiger partial charge is 0.328 e. The Hall–Kier alpha value is -0.0800. The van der Waals surface area contributed by atoms with Crippen molar-refractivity contribution in [1.82, 2.24) is 4.90 Å². The minimum Gasteiger partial charge on any atom is -0.328 e. The third-order valence-electron chi connectivity index (χ3n) is 5.64. The molecule has 1 aliphatic heterocycles. The zero-order valence-electron chi connectivity index (χ0n) is 13.5. The molecule has 19 heavy (non-hydrogen) atoms. The van der Waals surface area contributed by atoms with Gasteiger partial charge in [-0.3, -0.25) is 0 Å². The SMILES string of the molecule is CC(N)C1CCN(CC2CCC(C(C)(C)C)CC2)C1. The van der Waals surface area contributed by atoms with Crippen molar-refractivity contribution in [3.63, 3.8) is 0 Å². The van der Waals surface area contributed by atoms with Gasteiger partial charge in [0.1, 0.15) is 0 Å². The summed E-state index contributed by atoms with van der Waals surface area (Å²) in [4.78, 5) is 2.68. The number of nitrogens with zero attached hydrogens (tertiary/aromatic N) is 1. The van der Waals surface area contributed by atoms with Crippen molar-refractivity contribution in [1.29, 1.82) is 0 Å². The molecular formula is C17H34N2. The molecule has 2 atom stereocenters. The van der Waals surface area contributed by atoms with Crippen molar-refractivity contribution in [3.05, 3.63) is 0 Å². The Balaban J connectivity index is 1.72. The second-order valence-electron chi connectivity index (χ2n) is 8.25. The fourth-order valence-corrected chi connectivity index (χ4v) is 4.03. The van der Waals surface area contributed by atoms with E-state index in [4.69, 9.17) is 5.73 Å². The zero-order chi connectivity index (χ0) is 14.0. The summed E-state index contributed by atoms with van der Waals surface area (Å²) in [6, 6.07) is 0.377. The molecule has 2 nitrogen and oxygen atoms in total. The van der Waals surface area contributed by atoms with E-state index in [9.17, 15) is 0 Å². The standard InChI is InChI=1S/C17H34N2/c1-13(18)15-9-10-19(12-15)11-14-5-7-16(8-6-14)17(2,3)4/h13-16H,5-12,18H2,1-4H3. The predicted octanol–water partition coefficient (Wildman–Crippen LogP) is 3.51. The highest BCUT2D eigenvalue weighted by atomic mass is 15.1. The molecule has 1 aliphatic carbocycles. The molecular weight excluding hydrogens is 232 g/mol. The lowest BCUT2D eigenvalue weighted by Crippen LogP contribution is -2.34. The Labute approximate surface area is 120 Å². The maximum Gasteiger partial charge on any atom is 0.00514 e. The quantitative estimate of drug-likeness (QED) is 0.847. The lowest BCUT2D eigenvalue weighted by molar-refractivity contribution is 0.130. The van der Waals surface area contributed by atoms with Gasteiger partial charge in [-0.1, -0.05) is 20.8 Å². The molecule has 112 valence electrons. The highest BCUT2D eigenvalue weighted by Crippen LogP contribution is 2.40. The van der Waals surface area contributed by atoms with Gasteiger partial charge in [0.15, 0.2) is 0 Å². The normalized spacial score (nSPS) is 35.5. The molecule has 0 aromatic carbocycles. The Bertz CT molecular complexity index is 271. The van der Waals surface area contributed by atoms with Gasteiger partial charge in [0.05, 0.1) is 0 Å². The molecule has 1 saturated carbocycles. The van der Waals surface area contributed by atoms with E-state index in [-0.39, 0.29) is 0 Å². The zero-order valence-corrected chi connectivity index (χ0v) is 13.5. The van der Waals surface area contributed by atoms with Crippen molar-refractivity contribution in [2.45, 2.75) is 65.8 Å². The number of hydrogen-bond acceptors (Lipinski definition) is 2. The molecule has 1 heterocycles. The van der Waals surface area contributed by atoms with Crippen molar-refractivity contribution in [2.75, 3.05) is 19.6 Å². The molecule has 1 saturated heterocycles. The maximum atomic E-state index is 6.03. The average molecular weight is 266 g/mol. The van der Waals surface area contributed by atoms with Crippen LogP contribution in [0.1, 0.15) is 59.8 Å². The summed E-state index contributed by atoms with van der Waals surface area (Å²) in [6.07, 6.45) is 7.09. The number of nitrogens with two attached hydrogens (primary N) is 1. The van der Waals surface area contributed by atoms with Gasteiger partial charge in [-0.2, -0.15) is 0 Å². The van der Waals surface area contributed by atoms with Crippen LogP contribution in [-0.4, -0.2) is 30.6 Å². The molecule has 2 heteroatoms. The minimum atomic E-state index is 0.377. The van der Waals surface area contributed by atoms with Crippen molar-refractivity contribution >= 4 is 0 Å². The first-order chi connectivity index (χ1) is 8.86. The number of likely N-dealkylation sites (tertiary alicyclic amines) is 1. The maximum absolute atomic E-state index is 6.03. The Morgan fingerprint density at radius 1 is 1.11 bits per heavy atom. The van der Waals surface area contributed by atoms with E-state index in [0.717, 1.165) is 17.8 Å². The summed E-state index contributed by atoms with van der Waals surface area (Å²) in [5.41, 5.74) is 6.55. The van der Waals surface area contributed by atoms with Crippen LogP contribution in [0.2, 0.25) is 0 Å². The Morgan fingerprint density at radius 2 is 1.74 bits per heavy atom. The second kappa shape index (κ2) is 6.13. The molecule has 2 fully saturated rings. The molecule has 0 bridgehead atoms. The first-order valence-corrected chi connectivity index (χ1v) is 8.34. The molecule has 2 unspecified atom stereocenters.